The molecular weight excluding hydrogens is 286 g/mol. The Balaban J connectivity index is 1.59. The summed E-state index contributed by atoms with van der Waals surface area (Å²) in [7, 11) is 0. The molecule has 0 spiro atoms. The lowest BCUT2D eigenvalue weighted by molar-refractivity contribution is 0.391. The van der Waals surface area contributed by atoms with E-state index in [2.05, 4.69) is 47.4 Å². The van der Waals surface area contributed by atoms with Crippen LogP contribution in [-0.4, -0.2) is 10.7 Å². The minimum atomic E-state index is 0.916. The highest BCUT2D eigenvalue weighted by Gasteiger charge is 2.13. The molecule has 1 heterocycles. The fourth-order valence-corrected chi connectivity index (χ4v) is 4.62. The van der Waals surface area contributed by atoms with Gasteiger partial charge >= 0.3 is 0 Å². The van der Waals surface area contributed by atoms with Gasteiger partial charge in [-0.2, -0.15) is 0 Å². The molecule has 1 fully saturated rings. The molecule has 0 amide bonds. The summed E-state index contributed by atoms with van der Waals surface area (Å²) in [6, 6.07) is 15.3. The van der Waals surface area contributed by atoms with Crippen LogP contribution in [-0.2, 0) is 0 Å². The summed E-state index contributed by atoms with van der Waals surface area (Å²) >= 11 is 2.01. The molecule has 112 valence electrons. The molecule has 3 aromatic rings. The second kappa shape index (κ2) is 6.29. The maximum Gasteiger partial charge on any atom is 0.0719 e. The molecule has 1 aliphatic carbocycles. The van der Waals surface area contributed by atoms with Crippen molar-refractivity contribution < 1.29 is 0 Å². The van der Waals surface area contributed by atoms with E-state index in [0.29, 0.717) is 0 Å². The molecule has 0 bridgehead atoms. The molecule has 0 aliphatic heterocycles. The highest BCUT2D eigenvalue weighted by Crippen LogP contribution is 2.32. The first-order chi connectivity index (χ1) is 10.9. The highest BCUT2D eigenvalue weighted by molar-refractivity contribution is 7.99. The van der Waals surface area contributed by atoms with Crippen LogP contribution in [0.2, 0.25) is 0 Å². The molecule has 4 rings (SSSR count). The van der Waals surface area contributed by atoms with E-state index in [1.54, 1.807) is 0 Å². The quantitative estimate of drug-likeness (QED) is 0.431. The van der Waals surface area contributed by atoms with Crippen molar-refractivity contribution in [3.05, 3.63) is 48.7 Å². The smallest absolute Gasteiger partial charge is 0.0719 e. The van der Waals surface area contributed by atoms with Gasteiger partial charge in [-0.05, 0) is 36.3 Å². The topological polar surface area (TPSA) is 12.9 Å². The van der Waals surface area contributed by atoms with Crippen LogP contribution in [0.1, 0.15) is 32.1 Å². The summed E-state index contributed by atoms with van der Waals surface area (Å²) in [5, 5.41) is 3.79. The highest BCUT2D eigenvalue weighted by atomic mass is 32.2. The van der Waals surface area contributed by atoms with Crippen LogP contribution < -0.4 is 0 Å². The maximum atomic E-state index is 4.65. The molecule has 0 saturated heterocycles. The Labute approximate surface area is 136 Å². The lowest BCUT2D eigenvalue weighted by Gasteiger charge is -2.20. The first-order valence-electron chi connectivity index (χ1n) is 8.30. The average Bonchev–Trinajstić information content (AvgIpc) is 2.60. The van der Waals surface area contributed by atoms with Gasteiger partial charge in [0.15, 0.2) is 0 Å². The van der Waals surface area contributed by atoms with Crippen molar-refractivity contribution in [2.24, 2.45) is 5.92 Å². The fraction of sp³-hybridized carbons (Fsp3) is 0.350. The maximum absolute atomic E-state index is 4.65. The largest absolute Gasteiger partial charge is 0.256 e. The summed E-state index contributed by atoms with van der Waals surface area (Å²) in [6.45, 7) is 0. The van der Waals surface area contributed by atoms with Gasteiger partial charge < -0.3 is 0 Å². The van der Waals surface area contributed by atoms with Crippen LogP contribution in [0.4, 0.5) is 0 Å². The van der Waals surface area contributed by atoms with Gasteiger partial charge in [-0.3, -0.25) is 4.98 Å². The number of hydrogen-bond acceptors (Lipinski definition) is 2. The van der Waals surface area contributed by atoms with Gasteiger partial charge in [-0.15, -0.1) is 11.8 Å². The molecule has 1 saturated carbocycles. The van der Waals surface area contributed by atoms with Crippen molar-refractivity contribution in [1.82, 2.24) is 4.98 Å². The average molecular weight is 307 g/mol. The van der Waals surface area contributed by atoms with Crippen LogP contribution >= 0.6 is 11.8 Å². The Kier molecular flexibility index (Phi) is 4.03. The number of benzene rings is 2. The van der Waals surface area contributed by atoms with E-state index < -0.39 is 0 Å². The third-order valence-electron chi connectivity index (χ3n) is 4.77. The van der Waals surface area contributed by atoms with Gasteiger partial charge in [-0.25, -0.2) is 0 Å². The van der Waals surface area contributed by atoms with Crippen LogP contribution in [0.3, 0.4) is 0 Å². The van der Waals surface area contributed by atoms with Crippen LogP contribution in [0.5, 0.6) is 0 Å². The molecule has 1 nitrogen and oxygen atoms in total. The third kappa shape index (κ3) is 2.85. The fourth-order valence-electron chi connectivity index (χ4n) is 3.50. The van der Waals surface area contributed by atoms with Crippen LogP contribution in [0, 0.1) is 5.92 Å². The zero-order valence-electron chi connectivity index (χ0n) is 12.8. The Bertz CT molecular complexity index is 790. The Hall–Kier alpha value is -1.54. The Morgan fingerprint density at radius 3 is 2.73 bits per heavy atom. The van der Waals surface area contributed by atoms with Gasteiger partial charge in [0.2, 0.25) is 0 Å². The normalized spacial score (nSPS) is 16.4. The molecule has 0 radical (unpaired) electrons. The number of aromatic nitrogens is 1. The minimum absolute atomic E-state index is 0.916. The second-order valence-corrected chi connectivity index (χ2v) is 7.43. The van der Waals surface area contributed by atoms with E-state index in [1.807, 2.05) is 18.0 Å². The van der Waals surface area contributed by atoms with Crippen molar-refractivity contribution >= 4 is 33.4 Å². The molecule has 1 aliphatic rings. The molecule has 0 N–H and O–H groups in total. The standard InChI is InChI=1S/C20H21NS/c1-2-6-15(7-3-1)14-22-17-10-11-19-18-9-5-4-8-16(18)13-21-20(19)12-17/h4-5,8-13,15H,1-3,6-7,14H2. The van der Waals surface area contributed by atoms with E-state index in [0.717, 1.165) is 11.4 Å². The zero-order valence-corrected chi connectivity index (χ0v) is 13.6. The predicted molar refractivity (Wildman–Crippen MR) is 96.5 cm³/mol. The second-order valence-electron chi connectivity index (χ2n) is 6.34. The van der Waals surface area contributed by atoms with Gasteiger partial charge in [0.25, 0.3) is 0 Å². The summed E-state index contributed by atoms with van der Waals surface area (Å²) in [6.07, 6.45) is 9.13. The monoisotopic (exact) mass is 307 g/mol. The van der Waals surface area contributed by atoms with Gasteiger partial charge in [-0.1, -0.05) is 49.6 Å². The predicted octanol–water partition coefficient (Wildman–Crippen LogP) is 6.06. The summed E-state index contributed by atoms with van der Waals surface area (Å²) in [5.74, 6) is 2.18. The molecular formula is C20H21NS. The molecule has 1 aromatic heterocycles. The van der Waals surface area contributed by atoms with Crippen LogP contribution in [0.25, 0.3) is 21.7 Å². The van der Waals surface area contributed by atoms with Crippen LogP contribution in [0.15, 0.2) is 53.6 Å². The molecule has 2 heteroatoms. The van der Waals surface area contributed by atoms with Gasteiger partial charge in [0, 0.05) is 27.6 Å². The molecule has 22 heavy (non-hydrogen) atoms. The Morgan fingerprint density at radius 2 is 1.82 bits per heavy atom. The minimum Gasteiger partial charge on any atom is -0.256 e. The number of thioether (sulfide) groups is 1. The van der Waals surface area contributed by atoms with E-state index in [9.17, 15) is 0 Å². The van der Waals surface area contributed by atoms with Crippen molar-refractivity contribution in [3.63, 3.8) is 0 Å². The summed E-state index contributed by atoms with van der Waals surface area (Å²) in [4.78, 5) is 6.01. The molecule has 0 atom stereocenters. The van der Waals surface area contributed by atoms with Crippen molar-refractivity contribution in [2.45, 2.75) is 37.0 Å². The van der Waals surface area contributed by atoms with E-state index in [-0.39, 0.29) is 0 Å². The van der Waals surface area contributed by atoms with E-state index in [1.165, 1.54) is 58.9 Å². The van der Waals surface area contributed by atoms with E-state index in [4.69, 9.17) is 0 Å². The van der Waals surface area contributed by atoms with Crippen molar-refractivity contribution in [2.75, 3.05) is 5.75 Å². The summed E-state index contributed by atoms with van der Waals surface area (Å²) < 4.78 is 0. The number of hydrogen-bond donors (Lipinski definition) is 0. The number of pyridine rings is 1. The molecule has 0 unspecified atom stereocenters. The first-order valence-corrected chi connectivity index (χ1v) is 9.29. The molecule has 2 aromatic carbocycles. The first kappa shape index (κ1) is 14.1. The summed E-state index contributed by atoms with van der Waals surface area (Å²) in [5.41, 5.74) is 1.12. The number of fused-ring (bicyclic) bond motifs is 3. The SMILES string of the molecule is c1ccc2c(c1)cnc1cc(SCC3CCCCC3)ccc12. The third-order valence-corrected chi connectivity index (χ3v) is 6.00. The van der Waals surface area contributed by atoms with Gasteiger partial charge in [0.05, 0.1) is 5.52 Å². The number of rotatable bonds is 3. The zero-order chi connectivity index (χ0) is 14.8. The van der Waals surface area contributed by atoms with Crippen molar-refractivity contribution in [3.8, 4) is 0 Å². The van der Waals surface area contributed by atoms with Gasteiger partial charge in [0.1, 0.15) is 0 Å². The lowest BCUT2D eigenvalue weighted by atomic mass is 9.91. The van der Waals surface area contributed by atoms with Crippen molar-refractivity contribution in [1.29, 1.82) is 0 Å². The lowest BCUT2D eigenvalue weighted by Crippen LogP contribution is -2.08. The van der Waals surface area contributed by atoms with E-state index >= 15 is 0 Å². The number of nitrogens with zero attached hydrogens (tertiary/aromatic N) is 1. The Morgan fingerprint density at radius 1 is 0.955 bits per heavy atom.